The molecule has 0 aliphatic heterocycles. The minimum atomic E-state index is 0.259. The van der Waals surface area contributed by atoms with E-state index in [1.165, 1.54) is 57.8 Å². The molecule has 0 unspecified atom stereocenters. The Kier molecular flexibility index (Phi) is 6.58. The van der Waals surface area contributed by atoms with Crippen molar-refractivity contribution in [2.75, 3.05) is 20.1 Å². The molecule has 114 valence electrons. The number of likely N-dealkylation sites (N-methyl/N-ethyl adjacent to an activating group) is 1. The van der Waals surface area contributed by atoms with Gasteiger partial charge in [0.25, 0.3) is 0 Å². The molecule has 0 aromatic carbocycles. The van der Waals surface area contributed by atoms with E-state index in [0.717, 1.165) is 13.0 Å². The highest BCUT2D eigenvalue weighted by molar-refractivity contribution is 5.78. The third-order valence-corrected chi connectivity index (χ3v) is 4.80. The van der Waals surface area contributed by atoms with Crippen molar-refractivity contribution in [1.82, 2.24) is 10.2 Å². The molecular weight excluding hydrogens is 248 g/mol. The zero-order chi connectivity index (χ0) is 14.2. The first-order chi connectivity index (χ1) is 9.77. The second-order valence-electron chi connectivity index (χ2n) is 6.33. The predicted molar refractivity (Wildman–Crippen MR) is 83.7 cm³/mol. The fourth-order valence-electron chi connectivity index (χ4n) is 3.37. The molecule has 2 rings (SSSR count). The summed E-state index contributed by atoms with van der Waals surface area (Å²) in [5.74, 6) is 0.259. The maximum atomic E-state index is 12.1. The SMILES string of the molecule is CN(C(=O)CNCCC1=CCCCC1)C1CCCCC1. The maximum absolute atomic E-state index is 12.1. The van der Waals surface area contributed by atoms with Crippen LogP contribution in [0.4, 0.5) is 0 Å². The molecule has 0 aromatic heterocycles. The average molecular weight is 278 g/mol. The van der Waals surface area contributed by atoms with Gasteiger partial charge in [-0.1, -0.05) is 30.9 Å². The molecule has 1 saturated carbocycles. The number of carbonyl (C=O) groups is 1. The largest absolute Gasteiger partial charge is 0.342 e. The Labute approximate surface area is 123 Å². The number of carbonyl (C=O) groups excluding carboxylic acids is 1. The standard InChI is InChI=1S/C17H30N2O/c1-19(16-10-6-3-7-11-16)17(20)14-18-13-12-15-8-4-2-5-9-15/h8,16,18H,2-7,9-14H2,1H3. The normalized spacial score (nSPS) is 20.6. The molecule has 2 aliphatic carbocycles. The molecule has 3 heteroatoms. The molecule has 3 nitrogen and oxygen atoms in total. The van der Waals surface area contributed by atoms with Gasteiger partial charge >= 0.3 is 0 Å². The van der Waals surface area contributed by atoms with E-state index in [-0.39, 0.29) is 5.91 Å². The molecule has 1 amide bonds. The van der Waals surface area contributed by atoms with E-state index in [0.29, 0.717) is 12.6 Å². The summed E-state index contributed by atoms with van der Waals surface area (Å²) in [6.07, 6.45) is 15.0. The van der Waals surface area contributed by atoms with Crippen LogP contribution in [0, 0.1) is 0 Å². The predicted octanol–water partition coefficient (Wildman–Crippen LogP) is 3.26. The summed E-state index contributed by atoms with van der Waals surface area (Å²) in [6.45, 7) is 1.44. The van der Waals surface area contributed by atoms with Gasteiger partial charge in [0.15, 0.2) is 0 Å². The van der Waals surface area contributed by atoms with Crippen LogP contribution in [-0.4, -0.2) is 37.0 Å². The third kappa shape index (κ3) is 4.93. The Morgan fingerprint density at radius 3 is 2.75 bits per heavy atom. The Balaban J connectivity index is 1.60. The van der Waals surface area contributed by atoms with Crippen molar-refractivity contribution in [2.24, 2.45) is 0 Å². The Morgan fingerprint density at radius 2 is 2.05 bits per heavy atom. The zero-order valence-corrected chi connectivity index (χ0v) is 13.0. The molecule has 0 spiro atoms. The van der Waals surface area contributed by atoms with E-state index in [1.54, 1.807) is 5.57 Å². The van der Waals surface area contributed by atoms with Crippen LogP contribution in [0.5, 0.6) is 0 Å². The highest BCUT2D eigenvalue weighted by Gasteiger charge is 2.21. The zero-order valence-electron chi connectivity index (χ0n) is 13.0. The third-order valence-electron chi connectivity index (χ3n) is 4.80. The second-order valence-corrected chi connectivity index (χ2v) is 6.33. The van der Waals surface area contributed by atoms with Crippen LogP contribution < -0.4 is 5.32 Å². The summed E-state index contributed by atoms with van der Waals surface area (Å²) in [7, 11) is 1.98. The summed E-state index contributed by atoms with van der Waals surface area (Å²) in [4.78, 5) is 14.1. The second kappa shape index (κ2) is 8.46. The van der Waals surface area contributed by atoms with E-state index in [4.69, 9.17) is 0 Å². The highest BCUT2D eigenvalue weighted by atomic mass is 16.2. The Hall–Kier alpha value is -0.830. The number of hydrogen-bond donors (Lipinski definition) is 1. The van der Waals surface area contributed by atoms with Crippen molar-refractivity contribution in [3.63, 3.8) is 0 Å². The quantitative estimate of drug-likeness (QED) is 0.597. The van der Waals surface area contributed by atoms with Gasteiger partial charge in [0.1, 0.15) is 0 Å². The van der Waals surface area contributed by atoms with Crippen molar-refractivity contribution in [3.8, 4) is 0 Å². The van der Waals surface area contributed by atoms with Crippen LogP contribution in [0.1, 0.15) is 64.2 Å². The topological polar surface area (TPSA) is 32.3 Å². The number of nitrogens with one attached hydrogen (secondary N) is 1. The molecule has 0 aromatic rings. The molecule has 0 bridgehead atoms. The van der Waals surface area contributed by atoms with Gasteiger partial charge < -0.3 is 10.2 Å². The highest BCUT2D eigenvalue weighted by Crippen LogP contribution is 2.21. The van der Waals surface area contributed by atoms with E-state index in [9.17, 15) is 4.79 Å². The van der Waals surface area contributed by atoms with Crippen LogP contribution >= 0.6 is 0 Å². The number of rotatable bonds is 6. The summed E-state index contributed by atoms with van der Waals surface area (Å²) in [5.41, 5.74) is 1.58. The van der Waals surface area contributed by atoms with Gasteiger partial charge in [-0.2, -0.15) is 0 Å². The monoisotopic (exact) mass is 278 g/mol. The lowest BCUT2D eigenvalue weighted by Crippen LogP contribution is -2.43. The Morgan fingerprint density at radius 1 is 1.25 bits per heavy atom. The van der Waals surface area contributed by atoms with Crippen LogP contribution in [0.3, 0.4) is 0 Å². The molecule has 2 aliphatic rings. The lowest BCUT2D eigenvalue weighted by molar-refractivity contribution is -0.131. The summed E-state index contributed by atoms with van der Waals surface area (Å²) >= 11 is 0. The first-order valence-electron chi connectivity index (χ1n) is 8.41. The number of allylic oxidation sites excluding steroid dienone is 1. The minimum absolute atomic E-state index is 0.259. The van der Waals surface area contributed by atoms with Crippen LogP contribution in [0.15, 0.2) is 11.6 Å². The lowest BCUT2D eigenvalue weighted by atomic mass is 9.94. The first-order valence-corrected chi connectivity index (χ1v) is 8.41. The van der Waals surface area contributed by atoms with Gasteiger partial charge in [-0.25, -0.2) is 0 Å². The molecule has 0 atom stereocenters. The molecule has 0 saturated heterocycles. The van der Waals surface area contributed by atoms with Crippen molar-refractivity contribution >= 4 is 5.91 Å². The fraction of sp³-hybridized carbons (Fsp3) is 0.824. The van der Waals surface area contributed by atoms with E-state index in [1.807, 2.05) is 11.9 Å². The van der Waals surface area contributed by atoms with E-state index < -0.39 is 0 Å². The number of nitrogens with zero attached hydrogens (tertiary/aromatic N) is 1. The average Bonchev–Trinajstić information content (AvgIpc) is 2.52. The summed E-state index contributed by atoms with van der Waals surface area (Å²) < 4.78 is 0. The fourth-order valence-corrected chi connectivity index (χ4v) is 3.37. The molecule has 1 N–H and O–H groups in total. The smallest absolute Gasteiger partial charge is 0.236 e. The van der Waals surface area contributed by atoms with Gasteiger partial charge in [-0.05, 0) is 51.5 Å². The van der Waals surface area contributed by atoms with Gasteiger partial charge in [0.05, 0.1) is 6.54 Å². The van der Waals surface area contributed by atoms with Crippen molar-refractivity contribution in [1.29, 1.82) is 0 Å². The molecule has 0 heterocycles. The van der Waals surface area contributed by atoms with Crippen molar-refractivity contribution < 1.29 is 4.79 Å². The van der Waals surface area contributed by atoms with Crippen molar-refractivity contribution in [3.05, 3.63) is 11.6 Å². The van der Waals surface area contributed by atoms with Gasteiger partial charge in [-0.15, -0.1) is 0 Å². The van der Waals surface area contributed by atoms with Gasteiger partial charge in [-0.3, -0.25) is 4.79 Å². The maximum Gasteiger partial charge on any atom is 0.236 e. The lowest BCUT2D eigenvalue weighted by Gasteiger charge is -2.31. The first kappa shape index (κ1) is 15.6. The van der Waals surface area contributed by atoms with Crippen LogP contribution in [0.2, 0.25) is 0 Å². The summed E-state index contributed by atoms with van der Waals surface area (Å²) in [5, 5.41) is 3.32. The van der Waals surface area contributed by atoms with Crippen molar-refractivity contribution in [2.45, 2.75) is 70.3 Å². The van der Waals surface area contributed by atoms with Gasteiger partial charge in [0, 0.05) is 13.1 Å². The molecule has 1 fully saturated rings. The molecule has 20 heavy (non-hydrogen) atoms. The summed E-state index contributed by atoms with van der Waals surface area (Å²) in [6, 6.07) is 0.485. The molecular formula is C17H30N2O. The number of amides is 1. The van der Waals surface area contributed by atoms with Gasteiger partial charge in [0.2, 0.25) is 5.91 Å². The number of hydrogen-bond acceptors (Lipinski definition) is 2. The minimum Gasteiger partial charge on any atom is -0.342 e. The van der Waals surface area contributed by atoms with E-state index in [2.05, 4.69) is 11.4 Å². The van der Waals surface area contributed by atoms with Crippen LogP contribution in [0.25, 0.3) is 0 Å². The molecule has 0 radical (unpaired) electrons. The van der Waals surface area contributed by atoms with Crippen LogP contribution in [-0.2, 0) is 4.79 Å². The Bertz CT molecular complexity index is 332. The van der Waals surface area contributed by atoms with E-state index >= 15 is 0 Å².